The third-order valence-corrected chi connectivity index (χ3v) is 4.05. The van der Waals surface area contributed by atoms with Crippen molar-refractivity contribution in [3.05, 3.63) is 47.8 Å². The lowest BCUT2D eigenvalue weighted by molar-refractivity contribution is 0.659. The van der Waals surface area contributed by atoms with Crippen molar-refractivity contribution in [1.29, 1.82) is 0 Å². The van der Waals surface area contributed by atoms with Crippen LogP contribution in [0, 0.1) is 6.92 Å². The highest BCUT2D eigenvalue weighted by molar-refractivity contribution is 7.99. The monoisotopic (exact) mass is 247 g/mol. The lowest BCUT2D eigenvalue weighted by atomic mass is 10.2. The molecule has 1 aromatic carbocycles. The van der Waals surface area contributed by atoms with E-state index in [0.29, 0.717) is 0 Å². The number of hydrogen-bond acceptors (Lipinski definition) is 3. The van der Waals surface area contributed by atoms with Gasteiger partial charge in [-0.05, 0) is 24.6 Å². The van der Waals surface area contributed by atoms with Crippen molar-refractivity contribution in [2.75, 3.05) is 5.75 Å². The molecule has 0 saturated heterocycles. The van der Waals surface area contributed by atoms with E-state index in [2.05, 4.69) is 36.3 Å². The number of aryl methyl sites for hydroxylation is 2. The average molecular weight is 247 g/mol. The van der Waals surface area contributed by atoms with Crippen LogP contribution in [0.4, 0.5) is 0 Å². The fourth-order valence-electron chi connectivity index (χ4n) is 1.73. The van der Waals surface area contributed by atoms with Crippen LogP contribution in [0.2, 0.25) is 0 Å². The predicted octanol–water partition coefficient (Wildman–Crippen LogP) is 2.52. The van der Waals surface area contributed by atoms with Crippen LogP contribution in [0.5, 0.6) is 0 Å². The van der Waals surface area contributed by atoms with Gasteiger partial charge in [0.1, 0.15) is 0 Å². The van der Waals surface area contributed by atoms with Gasteiger partial charge < -0.3 is 5.73 Å². The van der Waals surface area contributed by atoms with Crippen molar-refractivity contribution < 1.29 is 0 Å². The molecule has 1 unspecified atom stereocenters. The summed E-state index contributed by atoms with van der Waals surface area (Å²) in [5, 5.41) is 4.14. The lowest BCUT2D eigenvalue weighted by Crippen LogP contribution is -2.16. The van der Waals surface area contributed by atoms with Crippen molar-refractivity contribution in [2.24, 2.45) is 12.8 Å². The highest BCUT2D eigenvalue weighted by Crippen LogP contribution is 2.25. The molecular weight excluding hydrogens is 230 g/mol. The molecular formula is C13H17N3S. The van der Waals surface area contributed by atoms with Gasteiger partial charge in [-0.25, -0.2) is 0 Å². The quantitative estimate of drug-likeness (QED) is 0.844. The Kier molecular flexibility index (Phi) is 3.86. The van der Waals surface area contributed by atoms with Gasteiger partial charge in [0.25, 0.3) is 0 Å². The van der Waals surface area contributed by atoms with Crippen molar-refractivity contribution in [3.63, 3.8) is 0 Å². The van der Waals surface area contributed by atoms with E-state index in [0.717, 1.165) is 11.4 Å². The molecule has 0 bridgehead atoms. The molecule has 3 nitrogen and oxygen atoms in total. The molecule has 0 spiro atoms. The minimum Gasteiger partial charge on any atom is -0.322 e. The van der Waals surface area contributed by atoms with Crippen LogP contribution in [0.1, 0.15) is 17.3 Å². The van der Waals surface area contributed by atoms with Gasteiger partial charge >= 0.3 is 0 Å². The Morgan fingerprint density at radius 1 is 1.35 bits per heavy atom. The molecule has 90 valence electrons. The maximum atomic E-state index is 6.16. The molecule has 1 aromatic heterocycles. The topological polar surface area (TPSA) is 43.8 Å². The fourth-order valence-corrected chi connectivity index (χ4v) is 2.73. The van der Waals surface area contributed by atoms with Crippen molar-refractivity contribution >= 4 is 11.8 Å². The molecule has 4 heteroatoms. The molecule has 0 aliphatic carbocycles. The lowest BCUT2D eigenvalue weighted by Gasteiger charge is -2.12. The van der Waals surface area contributed by atoms with Gasteiger partial charge in [-0.2, -0.15) is 5.10 Å². The Balaban J connectivity index is 2.00. The van der Waals surface area contributed by atoms with E-state index in [-0.39, 0.29) is 6.04 Å². The summed E-state index contributed by atoms with van der Waals surface area (Å²) < 4.78 is 1.84. The SMILES string of the molecule is Cc1ccccc1SCC(N)c1ccnn1C. The first-order valence-electron chi connectivity index (χ1n) is 5.60. The number of nitrogens with two attached hydrogens (primary N) is 1. The van der Waals surface area contributed by atoms with Gasteiger partial charge in [0, 0.05) is 23.9 Å². The minimum atomic E-state index is 0.0205. The van der Waals surface area contributed by atoms with Gasteiger partial charge in [-0.3, -0.25) is 4.68 Å². The molecule has 1 atom stereocenters. The first kappa shape index (κ1) is 12.2. The summed E-state index contributed by atoms with van der Waals surface area (Å²) in [5.74, 6) is 0.865. The zero-order chi connectivity index (χ0) is 12.3. The minimum absolute atomic E-state index is 0.0205. The number of rotatable bonds is 4. The molecule has 0 saturated carbocycles. The van der Waals surface area contributed by atoms with Crippen LogP contribution in [0.3, 0.4) is 0 Å². The van der Waals surface area contributed by atoms with Crippen molar-refractivity contribution in [2.45, 2.75) is 17.9 Å². The first-order valence-corrected chi connectivity index (χ1v) is 6.59. The van der Waals surface area contributed by atoms with Gasteiger partial charge in [0.2, 0.25) is 0 Å². The van der Waals surface area contributed by atoms with E-state index in [1.54, 1.807) is 18.0 Å². The van der Waals surface area contributed by atoms with Crippen LogP contribution in [0.25, 0.3) is 0 Å². The highest BCUT2D eigenvalue weighted by atomic mass is 32.2. The van der Waals surface area contributed by atoms with E-state index >= 15 is 0 Å². The van der Waals surface area contributed by atoms with E-state index < -0.39 is 0 Å². The largest absolute Gasteiger partial charge is 0.322 e. The van der Waals surface area contributed by atoms with Crippen molar-refractivity contribution in [1.82, 2.24) is 9.78 Å². The number of aromatic nitrogens is 2. The second-order valence-corrected chi connectivity index (χ2v) is 5.12. The molecule has 1 heterocycles. The molecule has 0 aliphatic rings. The second kappa shape index (κ2) is 5.38. The van der Waals surface area contributed by atoms with Crippen LogP contribution in [0.15, 0.2) is 41.4 Å². The molecule has 0 fully saturated rings. The fraction of sp³-hybridized carbons (Fsp3) is 0.308. The summed E-state index contributed by atoms with van der Waals surface area (Å²) in [6.45, 7) is 2.12. The number of benzene rings is 1. The highest BCUT2D eigenvalue weighted by Gasteiger charge is 2.10. The zero-order valence-corrected chi connectivity index (χ0v) is 10.9. The molecule has 2 aromatic rings. The maximum absolute atomic E-state index is 6.16. The third-order valence-electron chi connectivity index (χ3n) is 2.75. The average Bonchev–Trinajstić information content (AvgIpc) is 2.74. The molecule has 2 N–H and O–H groups in total. The molecule has 0 aliphatic heterocycles. The van der Waals surface area contributed by atoms with Crippen LogP contribution >= 0.6 is 11.8 Å². The Morgan fingerprint density at radius 2 is 2.12 bits per heavy atom. The van der Waals surface area contributed by atoms with E-state index in [1.807, 2.05) is 17.8 Å². The molecule has 0 amide bonds. The number of thioether (sulfide) groups is 1. The summed E-state index contributed by atoms with van der Waals surface area (Å²) >= 11 is 1.80. The van der Waals surface area contributed by atoms with E-state index in [4.69, 9.17) is 5.73 Å². The molecule has 0 radical (unpaired) electrons. The summed E-state index contributed by atoms with van der Waals surface area (Å²) in [6.07, 6.45) is 1.79. The Hall–Kier alpha value is -1.26. The second-order valence-electron chi connectivity index (χ2n) is 4.06. The molecule has 2 rings (SSSR count). The van der Waals surface area contributed by atoms with E-state index in [1.165, 1.54) is 10.5 Å². The Bertz CT molecular complexity index is 493. The number of hydrogen-bond donors (Lipinski definition) is 1. The third kappa shape index (κ3) is 2.90. The summed E-state index contributed by atoms with van der Waals surface area (Å²) in [6, 6.07) is 10.4. The summed E-state index contributed by atoms with van der Waals surface area (Å²) in [5.41, 5.74) is 8.53. The van der Waals surface area contributed by atoms with Crippen molar-refractivity contribution in [3.8, 4) is 0 Å². The first-order chi connectivity index (χ1) is 8.18. The standard InChI is InChI=1S/C13H17N3S/c1-10-5-3-4-6-13(10)17-9-11(14)12-7-8-15-16(12)2/h3-8,11H,9,14H2,1-2H3. The van der Waals surface area contributed by atoms with E-state index in [9.17, 15) is 0 Å². The maximum Gasteiger partial charge on any atom is 0.0562 e. The summed E-state index contributed by atoms with van der Waals surface area (Å²) in [4.78, 5) is 1.30. The zero-order valence-electron chi connectivity index (χ0n) is 10.1. The van der Waals surface area contributed by atoms with Gasteiger partial charge in [-0.15, -0.1) is 11.8 Å². The smallest absolute Gasteiger partial charge is 0.0562 e. The Morgan fingerprint density at radius 3 is 2.76 bits per heavy atom. The predicted molar refractivity (Wildman–Crippen MR) is 72.0 cm³/mol. The number of nitrogens with zero attached hydrogens (tertiary/aromatic N) is 2. The van der Waals surface area contributed by atoms with Gasteiger partial charge in [-0.1, -0.05) is 18.2 Å². The van der Waals surface area contributed by atoms with Gasteiger partial charge in [0.15, 0.2) is 0 Å². The normalized spacial score (nSPS) is 12.6. The van der Waals surface area contributed by atoms with Crippen LogP contribution < -0.4 is 5.73 Å². The van der Waals surface area contributed by atoms with Crippen LogP contribution in [-0.2, 0) is 7.05 Å². The van der Waals surface area contributed by atoms with Gasteiger partial charge in [0.05, 0.1) is 11.7 Å². The summed E-state index contributed by atoms with van der Waals surface area (Å²) in [7, 11) is 1.92. The van der Waals surface area contributed by atoms with Crippen LogP contribution in [-0.4, -0.2) is 15.5 Å². The Labute approximate surface area is 106 Å². The molecule has 17 heavy (non-hydrogen) atoms.